The van der Waals surface area contributed by atoms with E-state index in [1.807, 2.05) is 32.0 Å². The summed E-state index contributed by atoms with van der Waals surface area (Å²) in [4.78, 5) is 0. The minimum Gasteiger partial charge on any atom is -0.496 e. The second-order valence-corrected chi connectivity index (χ2v) is 4.48. The van der Waals surface area contributed by atoms with Gasteiger partial charge in [-0.1, -0.05) is 17.7 Å². The van der Waals surface area contributed by atoms with Crippen LogP contribution in [0.4, 0.5) is 0 Å². The molecule has 4 nitrogen and oxygen atoms in total. The number of rotatable bonds is 3. The first-order valence-corrected chi connectivity index (χ1v) is 6.18. The fraction of sp³-hybridized carbons (Fsp3) is 0.286. The van der Waals surface area contributed by atoms with Gasteiger partial charge in [0, 0.05) is 0 Å². The van der Waals surface area contributed by atoms with Gasteiger partial charge in [0.05, 0.1) is 19.8 Å². The minimum atomic E-state index is 0.412. The standard InChI is InChI=1S/C14H15ClN2O2/c1-8-9(2)14(15)17-16-13(8)12-10(18-3)6-5-7-11(12)19-4/h5-7H,1-4H3. The lowest BCUT2D eigenvalue weighted by atomic mass is 10.0. The van der Waals surface area contributed by atoms with Crippen LogP contribution in [0.25, 0.3) is 11.3 Å². The van der Waals surface area contributed by atoms with E-state index >= 15 is 0 Å². The van der Waals surface area contributed by atoms with Gasteiger partial charge in [-0.15, -0.1) is 10.2 Å². The van der Waals surface area contributed by atoms with Crippen LogP contribution in [0, 0.1) is 13.8 Å². The molecular weight excluding hydrogens is 264 g/mol. The molecule has 0 N–H and O–H groups in total. The maximum absolute atomic E-state index is 5.98. The average molecular weight is 279 g/mol. The van der Waals surface area contributed by atoms with Gasteiger partial charge in [0.15, 0.2) is 5.15 Å². The first kappa shape index (κ1) is 13.6. The van der Waals surface area contributed by atoms with E-state index < -0.39 is 0 Å². The lowest BCUT2D eigenvalue weighted by Crippen LogP contribution is -2.00. The zero-order chi connectivity index (χ0) is 14.0. The molecule has 0 radical (unpaired) electrons. The van der Waals surface area contributed by atoms with E-state index in [0.29, 0.717) is 16.7 Å². The lowest BCUT2D eigenvalue weighted by molar-refractivity contribution is 0.397. The molecule has 0 spiro atoms. The quantitative estimate of drug-likeness (QED) is 0.863. The molecule has 0 aliphatic heterocycles. The van der Waals surface area contributed by atoms with Gasteiger partial charge < -0.3 is 9.47 Å². The normalized spacial score (nSPS) is 10.4. The number of methoxy groups -OCH3 is 2. The molecule has 0 atom stereocenters. The van der Waals surface area contributed by atoms with Crippen LogP contribution in [-0.4, -0.2) is 24.4 Å². The van der Waals surface area contributed by atoms with Crippen molar-refractivity contribution in [1.29, 1.82) is 0 Å². The van der Waals surface area contributed by atoms with E-state index in [-0.39, 0.29) is 0 Å². The first-order chi connectivity index (χ1) is 9.10. The molecule has 1 aromatic carbocycles. The summed E-state index contributed by atoms with van der Waals surface area (Å²) in [5.74, 6) is 1.39. The predicted octanol–water partition coefficient (Wildman–Crippen LogP) is 3.43. The van der Waals surface area contributed by atoms with E-state index in [1.165, 1.54) is 0 Å². The minimum absolute atomic E-state index is 0.412. The van der Waals surface area contributed by atoms with Gasteiger partial charge in [-0.25, -0.2) is 0 Å². The van der Waals surface area contributed by atoms with Crippen LogP contribution in [0.2, 0.25) is 5.15 Å². The van der Waals surface area contributed by atoms with Gasteiger partial charge in [0.2, 0.25) is 0 Å². The zero-order valence-corrected chi connectivity index (χ0v) is 12.1. The monoisotopic (exact) mass is 278 g/mol. The van der Waals surface area contributed by atoms with Crippen molar-refractivity contribution in [3.05, 3.63) is 34.5 Å². The Morgan fingerprint density at radius 1 is 0.947 bits per heavy atom. The van der Waals surface area contributed by atoms with Crippen LogP contribution < -0.4 is 9.47 Å². The summed E-state index contributed by atoms with van der Waals surface area (Å²) in [6, 6.07) is 5.60. The fourth-order valence-corrected chi connectivity index (χ4v) is 2.08. The molecule has 0 fully saturated rings. The summed E-state index contributed by atoms with van der Waals surface area (Å²) >= 11 is 5.98. The van der Waals surface area contributed by atoms with Crippen molar-refractivity contribution in [1.82, 2.24) is 10.2 Å². The Kier molecular flexibility index (Phi) is 3.90. The van der Waals surface area contributed by atoms with Gasteiger partial charge in [0.25, 0.3) is 0 Å². The molecule has 100 valence electrons. The third-order valence-electron chi connectivity index (χ3n) is 3.13. The molecule has 2 aromatic rings. The van der Waals surface area contributed by atoms with Crippen molar-refractivity contribution in [3.8, 4) is 22.8 Å². The summed E-state index contributed by atoms with van der Waals surface area (Å²) < 4.78 is 10.8. The van der Waals surface area contributed by atoms with E-state index in [0.717, 1.165) is 22.4 Å². The summed E-state index contributed by atoms with van der Waals surface area (Å²) in [7, 11) is 3.23. The second-order valence-electron chi connectivity index (χ2n) is 4.13. The zero-order valence-electron chi connectivity index (χ0n) is 11.3. The van der Waals surface area contributed by atoms with E-state index in [1.54, 1.807) is 14.2 Å². The maximum Gasteiger partial charge on any atom is 0.154 e. The lowest BCUT2D eigenvalue weighted by Gasteiger charge is -2.14. The van der Waals surface area contributed by atoms with Crippen LogP contribution in [0.5, 0.6) is 11.5 Å². The number of hydrogen-bond acceptors (Lipinski definition) is 4. The molecular formula is C14H15ClN2O2. The van der Waals surface area contributed by atoms with Gasteiger partial charge in [0.1, 0.15) is 17.2 Å². The fourth-order valence-electron chi connectivity index (χ4n) is 1.90. The van der Waals surface area contributed by atoms with Crippen LogP contribution in [0.3, 0.4) is 0 Å². The Hall–Kier alpha value is -1.81. The van der Waals surface area contributed by atoms with Crippen molar-refractivity contribution < 1.29 is 9.47 Å². The molecule has 5 heteroatoms. The summed E-state index contributed by atoms with van der Waals surface area (Å²) in [5, 5.41) is 8.57. The van der Waals surface area contributed by atoms with E-state index in [2.05, 4.69) is 10.2 Å². The van der Waals surface area contributed by atoms with Gasteiger partial charge in [-0.3, -0.25) is 0 Å². The highest BCUT2D eigenvalue weighted by atomic mass is 35.5. The second kappa shape index (κ2) is 5.45. The highest BCUT2D eigenvalue weighted by Crippen LogP contribution is 2.39. The SMILES string of the molecule is COc1cccc(OC)c1-c1nnc(Cl)c(C)c1C. The summed E-state index contributed by atoms with van der Waals surface area (Å²) in [6.45, 7) is 3.87. The molecule has 19 heavy (non-hydrogen) atoms. The van der Waals surface area contributed by atoms with Crippen LogP contribution in [0.1, 0.15) is 11.1 Å². The Labute approximate surface area is 117 Å². The van der Waals surface area contributed by atoms with Crippen LogP contribution >= 0.6 is 11.6 Å². The molecule has 0 amide bonds. The maximum atomic E-state index is 5.98. The molecule has 1 heterocycles. The molecule has 0 bridgehead atoms. The smallest absolute Gasteiger partial charge is 0.154 e. The molecule has 0 unspecified atom stereocenters. The molecule has 0 aliphatic carbocycles. The number of ether oxygens (including phenoxy) is 2. The van der Waals surface area contributed by atoms with Gasteiger partial charge in [-0.2, -0.15) is 0 Å². The van der Waals surface area contributed by atoms with Crippen molar-refractivity contribution in [2.75, 3.05) is 14.2 Å². The van der Waals surface area contributed by atoms with Crippen molar-refractivity contribution in [2.45, 2.75) is 13.8 Å². The number of aromatic nitrogens is 2. The van der Waals surface area contributed by atoms with Crippen LogP contribution in [0.15, 0.2) is 18.2 Å². The Morgan fingerprint density at radius 3 is 2.05 bits per heavy atom. The van der Waals surface area contributed by atoms with Gasteiger partial charge >= 0.3 is 0 Å². The Bertz CT molecular complexity index is 592. The third kappa shape index (κ3) is 2.36. The summed E-state index contributed by atoms with van der Waals surface area (Å²) in [6.07, 6.45) is 0. The molecule has 2 rings (SSSR count). The topological polar surface area (TPSA) is 44.2 Å². The molecule has 0 aliphatic rings. The average Bonchev–Trinajstić information content (AvgIpc) is 2.44. The number of benzene rings is 1. The van der Waals surface area contributed by atoms with Crippen molar-refractivity contribution in [2.24, 2.45) is 0 Å². The first-order valence-electron chi connectivity index (χ1n) is 5.80. The molecule has 0 saturated carbocycles. The highest BCUT2D eigenvalue weighted by molar-refractivity contribution is 6.30. The largest absolute Gasteiger partial charge is 0.496 e. The molecule has 1 aromatic heterocycles. The number of nitrogens with zero attached hydrogens (tertiary/aromatic N) is 2. The van der Waals surface area contributed by atoms with Gasteiger partial charge in [-0.05, 0) is 37.1 Å². The third-order valence-corrected chi connectivity index (χ3v) is 3.49. The van der Waals surface area contributed by atoms with E-state index in [9.17, 15) is 0 Å². The number of hydrogen-bond donors (Lipinski definition) is 0. The summed E-state index contributed by atoms with van der Waals surface area (Å²) in [5.41, 5.74) is 3.37. The highest BCUT2D eigenvalue weighted by Gasteiger charge is 2.18. The Balaban J connectivity index is 2.74. The predicted molar refractivity (Wildman–Crippen MR) is 75.1 cm³/mol. The van der Waals surface area contributed by atoms with E-state index in [4.69, 9.17) is 21.1 Å². The van der Waals surface area contributed by atoms with Crippen LogP contribution in [-0.2, 0) is 0 Å². The van der Waals surface area contributed by atoms with Crippen molar-refractivity contribution in [3.63, 3.8) is 0 Å². The number of halogens is 1. The molecule has 0 saturated heterocycles. The Morgan fingerprint density at radius 2 is 1.53 bits per heavy atom. The van der Waals surface area contributed by atoms with Crippen molar-refractivity contribution >= 4 is 11.6 Å².